The van der Waals surface area contributed by atoms with E-state index in [2.05, 4.69) is 4.90 Å². The predicted molar refractivity (Wildman–Crippen MR) is 138 cm³/mol. The van der Waals surface area contributed by atoms with Gasteiger partial charge in [-0.3, -0.25) is 9.59 Å². The molecule has 2 heterocycles. The molecule has 1 aliphatic heterocycles. The van der Waals surface area contributed by atoms with Gasteiger partial charge >= 0.3 is 0 Å². The standard InChI is InChI=1S/C27H28ClFN2O4S/c1-30(27(34)26(33)24-13-16-4-6-18(28)14-23(16)36-24)21(15-31-10-2-3-11-31)25(32)17-5-9-22(20(29)12-17)35-19-7-8-19/h4-6,9,12-14,19,21,25,32H,2-3,7-8,10-11,15H2,1H3. The van der Waals surface area contributed by atoms with E-state index in [-0.39, 0.29) is 11.9 Å². The Hall–Kier alpha value is -2.52. The SMILES string of the molecule is CN(C(=O)C(=O)c1cc2ccc(Cl)cc2s1)C(CN1CCCC1)C(O)c1ccc(OC2CC2)c(F)c1. The highest BCUT2D eigenvalue weighted by atomic mass is 35.5. The first-order valence-corrected chi connectivity index (χ1v) is 13.4. The van der Waals surface area contributed by atoms with E-state index >= 15 is 0 Å². The smallest absolute Gasteiger partial charge is 0.295 e. The number of ketones is 1. The molecule has 5 rings (SSSR count). The van der Waals surface area contributed by atoms with Crippen molar-refractivity contribution in [1.29, 1.82) is 0 Å². The number of aliphatic hydroxyl groups excluding tert-OH is 1. The molecule has 3 aromatic rings. The fraction of sp³-hybridized carbons (Fsp3) is 0.407. The highest BCUT2D eigenvalue weighted by Gasteiger charge is 2.35. The van der Waals surface area contributed by atoms with E-state index in [1.807, 2.05) is 6.07 Å². The Morgan fingerprint density at radius 3 is 2.64 bits per heavy atom. The number of Topliss-reactive ketones (excluding diaryl/α,β-unsaturated/α-hetero) is 1. The van der Waals surface area contributed by atoms with Gasteiger partial charge in [-0.2, -0.15) is 0 Å². The van der Waals surface area contributed by atoms with Gasteiger partial charge in [0.1, 0.15) is 6.10 Å². The van der Waals surface area contributed by atoms with Crippen molar-refractivity contribution in [2.45, 2.75) is 43.9 Å². The number of fused-ring (bicyclic) bond motifs is 1. The minimum absolute atomic E-state index is 0.0536. The minimum Gasteiger partial charge on any atom is -0.487 e. The Morgan fingerprint density at radius 2 is 1.94 bits per heavy atom. The van der Waals surface area contributed by atoms with Gasteiger partial charge in [-0.15, -0.1) is 11.3 Å². The molecule has 2 fully saturated rings. The molecule has 0 bridgehead atoms. The van der Waals surface area contributed by atoms with E-state index in [4.69, 9.17) is 16.3 Å². The first-order valence-electron chi connectivity index (χ1n) is 12.2. The molecule has 36 heavy (non-hydrogen) atoms. The number of hydrogen-bond acceptors (Lipinski definition) is 6. The van der Waals surface area contributed by atoms with Gasteiger partial charge in [0.15, 0.2) is 11.6 Å². The molecule has 1 saturated heterocycles. The van der Waals surface area contributed by atoms with Crippen LogP contribution in [0, 0.1) is 5.82 Å². The van der Waals surface area contributed by atoms with E-state index < -0.39 is 29.7 Å². The first-order chi connectivity index (χ1) is 17.3. The Labute approximate surface area is 218 Å². The number of amides is 1. The zero-order valence-electron chi connectivity index (χ0n) is 20.0. The fourth-order valence-electron chi connectivity index (χ4n) is 4.58. The molecule has 2 aliphatic rings. The summed E-state index contributed by atoms with van der Waals surface area (Å²) in [6.07, 6.45) is 2.76. The summed E-state index contributed by atoms with van der Waals surface area (Å²) in [4.78, 5) is 30.3. The molecule has 0 radical (unpaired) electrons. The minimum atomic E-state index is -1.18. The number of likely N-dealkylation sites (N-methyl/N-ethyl adjacent to an activating group) is 1. The number of rotatable bonds is 9. The summed E-state index contributed by atoms with van der Waals surface area (Å²) in [5.41, 5.74) is 0.337. The monoisotopic (exact) mass is 530 g/mol. The van der Waals surface area contributed by atoms with Crippen LogP contribution in [0.15, 0.2) is 42.5 Å². The summed E-state index contributed by atoms with van der Waals surface area (Å²) in [7, 11) is 1.52. The van der Waals surface area contributed by atoms with Crippen LogP contribution in [-0.2, 0) is 4.79 Å². The van der Waals surface area contributed by atoms with Crippen molar-refractivity contribution >= 4 is 44.7 Å². The average Bonchev–Trinajstić information content (AvgIpc) is 3.35. The van der Waals surface area contributed by atoms with Crippen molar-refractivity contribution in [2.24, 2.45) is 0 Å². The second-order valence-electron chi connectivity index (χ2n) is 9.56. The summed E-state index contributed by atoms with van der Waals surface area (Å²) in [5.74, 6) is -1.75. The number of nitrogens with zero attached hydrogens (tertiary/aromatic N) is 2. The number of likely N-dealkylation sites (tertiary alicyclic amines) is 1. The lowest BCUT2D eigenvalue weighted by atomic mass is 9.99. The van der Waals surface area contributed by atoms with Gasteiger partial charge in [0.05, 0.1) is 17.0 Å². The van der Waals surface area contributed by atoms with Crippen LogP contribution in [0.3, 0.4) is 0 Å². The van der Waals surface area contributed by atoms with Crippen LogP contribution in [0.2, 0.25) is 5.02 Å². The zero-order chi connectivity index (χ0) is 25.4. The Balaban J connectivity index is 1.38. The van der Waals surface area contributed by atoms with Crippen molar-refractivity contribution in [3.63, 3.8) is 0 Å². The second-order valence-corrected chi connectivity index (χ2v) is 11.1. The Kier molecular flexibility index (Phi) is 7.30. The number of carbonyl (C=O) groups excluding carboxylic acids is 2. The quantitative estimate of drug-likeness (QED) is 0.309. The molecular formula is C27H28ClFN2O4S. The molecule has 1 saturated carbocycles. The van der Waals surface area contributed by atoms with Crippen LogP contribution in [-0.4, -0.2) is 65.4 Å². The van der Waals surface area contributed by atoms with Crippen molar-refractivity contribution in [2.75, 3.05) is 26.7 Å². The molecule has 2 atom stereocenters. The number of halogens is 2. The number of ether oxygens (including phenoxy) is 1. The largest absolute Gasteiger partial charge is 0.487 e. The lowest BCUT2D eigenvalue weighted by Gasteiger charge is -2.34. The maximum Gasteiger partial charge on any atom is 0.295 e. The van der Waals surface area contributed by atoms with Crippen molar-refractivity contribution in [1.82, 2.24) is 9.80 Å². The summed E-state index contributed by atoms with van der Waals surface area (Å²) in [6.45, 7) is 2.07. The first kappa shape index (κ1) is 25.1. The molecule has 2 aromatic carbocycles. The lowest BCUT2D eigenvalue weighted by molar-refractivity contribution is -0.130. The maximum atomic E-state index is 14.7. The lowest BCUT2D eigenvalue weighted by Crippen LogP contribution is -2.49. The summed E-state index contributed by atoms with van der Waals surface area (Å²) < 4.78 is 21.1. The van der Waals surface area contributed by atoms with Gasteiger partial charge in [-0.25, -0.2) is 4.39 Å². The second kappa shape index (κ2) is 10.5. The van der Waals surface area contributed by atoms with Crippen LogP contribution < -0.4 is 4.74 Å². The van der Waals surface area contributed by atoms with Gasteiger partial charge in [-0.05, 0) is 80.1 Å². The third kappa shape index (κ3) is 5.42. The fourth-order valence-corrected chi connectivity index (χ4v) is 5.85. The van der Waals surface area contributed by atoms with Gasteiger partial charge in [-0.1, -0.05) is 23.7 Å². The number of thiophene rings is 1. The van der Waals surface area contributed by atoms with Crippen LogP contribution >= 0.6 is 22.9 Å². The molecule has 1 aromatic heterocycles. The van der Waals surface area contributed by atoms with Gasteiger partial charge < -0.3 is 19.6 Å². The molecule has 1 amide bonds. The number of aliphatic hydroxyl groups is 1. The third-order valence-electron chi connectivity index (χ3n) is 6.84. The Bertz CT molecular complexity index is 1290. The van der Waals surface area contributed by atoms with E-state index in [0.29, 0.717) is 22.0 Å². The van der Waals surface area contributed by atoms with Crippen molar-refractivity contribution < 1.29 is 23.8 Å². The Morgan fingerprint density at radius 1 is 1.19 bits per heavy atom. The maximum absolute atomic E-state index is 14.7. The van der Waals surface area contributed by atoms with E-state index in [1.54, 1.807) is 24.3 Å². The summed E-state index contributed by atoms with van der Waals surface area (Å²) in [5, 5.41) is 12.7. The number of hydrogen-bond donors (Lipinski definition) is 1. The zero-order valence-corrected chi connectivity index (χ0v) is 21.5. The van der Waals surface area contributed by atoms with Crippen molar-refractivity contribution in [3.05, 3.63) is 63.7 Å². The molecule has 1 N–H and O–H groups in total. The normalized spacial score (nSPS) is 17.8. The van der Waals surface area contributed by atoms with Crippen LogP contribution in [0.25, 0.3) is 10.1 Å². The molecule has 9 heteroatoms. The molecule has 1 aliphatic carbocycles. The summed E-state index contributed by atoms with van der Waals surface area (Å²) in [6, 6.07) is 10.7. The molecule has 0 spiro atoms. The molecular weight excluding hydrogens is 503 g/mol. The number of benzene rings is 2. The number of carbonyl (C=O) groups is 2. The van der Waals surface area contributed by atoms with E-state index in [0.717, 1.165) is 48.9 Å². The van der Waals surface area contributed by atoms with Gasteiger partial charge in [0, 0.05) is 23.3 Å². The van der Waals surface area contributed by atoms with Crippen LogP contribution in [0.4, 0.5) is 4.39 Å². The molecule has 6 nitrogen and oxygen atoms in total. The molecule has 2 unspecified atom stereocenters. The highest BCUT2D eigenvalue weighted by molar-refractivity contribution is 7.21. The van der Waals surface area contributed by atoms with Gasteiger partial charge in [0.25, 0.3) is 11.7 Å². The predicted octanol–water partition coefficient (Wildman–Crippen LogP) is 5.07. The van der Waals surface area contributed by atoms with Gasteiger partial charge in [0.2, 0.25) is 0 Å². The molecule has 190 valence electrons. The average molecular weight is 531 g/mol. The summed E-state index contributed by atoms with van der Waals surface area (Å²) >= 11 is 7.27. The topological polar surface area (TPSA) is 70.1 Å². The van der Waals surface area contributed by atoms with Crippen LogP contribution in [0.5, 0.6) is 5.75 Å². The van der Waals surface area contributed by atoms with E-state index in [9.17, 15) is 19.1 Å². The highest BCUT2D eigenvalue weighted by Crippen LogP contribution is 2.32. The van der Waals surface area contributed by atoms with Crippen molar-refractivity contribution in [3.8, 4) is 5.75 Å². The van der Waals surface area contributed by atoms with E-state index in [1.165, 1.54) is 35.4 Å². The van der Waals surface area contributed by atoms with Crippen LogP contribution in [0.1, 0.15) is 47.0 Å². The third-order valence-corrected chi connectivity index (χ3v) is 8.17.